The van der Waals surface area contributed by atoms with Crippen molar-refractivity contribution in [3.8, 4) is 11.5 Å². The summed E-state index contributed by atoms with van der Waals surface area (Å²) >= 11 is 0. The Kier molecular flexibility index (Phi) is 5.46. The molecule has 8 heteroatoms. The molecule has 0 unspecified atom stereocenters. The molecule has 3 rings (SSSR count). The van der Waals surface area contributed by atoms with Gasteiger partial charge >= 0.3 is 0 Å². The van der Waals surface area contributed by atoms with Crippen molar-refractivity contribution in [1.29, 1.82) is 0 Å². The molecule has 1 heterocycles. The van der Waals surface area contributed by atoms with Crippen LogP contribution >= 0.6 is 0 Å². The molecule has 0 spiro atoms. The summed E-state index contributed by atoms with van der Waals surface area (Å²) in [7, 11) is 3.10. The van der Waals surface area contributed by atoms with Gasteiger partial charge in [-0.3, -0.25) is 4.79 Å². The van der Waals surface area contributed by atoms with Gasteiger partial charge in [-0.2, -0.15) is 0 Å². The van der Waals surface area contributed by atoms with E-state index in [2.05, 4.69) is 20.6 Å². The first-order valence-corrected chi connectivity index (χ1v) is 7.97. The molecule has 0 saturated heterocycles. The summed E-state index contributed by atoms with van der Waals surface area (Å²) < 4.78 is 23.7. The number of rotatable bonds is 6. The van der Waals surface area contributed by atoms with Crippen LogP contribution in [-0.2, 0) is 0 Å². The molecule has 0 atom stereocenters. The quantitative estimate of drug-likeness (QED) is 0.691. The molecule has 0 bridgehead atoms. The Hall–Kier alpha value is -3.68. The number of ether oxygens (including phenoxy) is 2. The SMILES string of the molecule is COc1ccc(Nc2cc(C(=O)Nc3cccc(F)c3)ncn2)cc1OC. The van der Waals surface area contributed by atoms with Gasteiger partial charge in [-0.05, 0) is 30.3 Å². The van der Waals surface area contributed by atoms with Crippen molar-refractivity contribution in [3.05, 3.63) is 66.4 Å². The number of carbonyl (C=O) groups is 1. The van der Waals surface area contributed by atoms with E-state index in [-0.39, 0.29) is 5.69 Å². The number of carbonyl (C=O) groups excluding carboxylic acids is 1. The van der Waals surface area contributed by atoms with Gasteiger partial charge in [0.15, 0.2) is 11.5 Å². The molecule has 0 fully saturated rings. The number of nitrogens with one attached hydrogen (secondary N) is 2. The first-order chi connectivity index (χ1) is 13.1. The lowest BCUT2D eigenvalue weighted by Gasteiger charge is -2.11. The third-order valence-corrected chi connectivity index (χ3v) is 3.64. The summed E-state index contributed by atoms with van der Waals surface area (Å²) in [6.07, 6.45) is 1.27. The highest BCUT2D eigenvalue weighted by Crippen LogP contribution is 2.30. The number of nitrogens with zero attached hydrogens (tertiary/aromatic N) is 2. The number of benzene rings is 2. The molecule has 0 aliphatic rings. The molecular weight excluding hydrogens is 351 g/mol. The number of anilines is 3. The predicted octanol–water partition coefficient (Wildman–Crippen LogP) is 3.63. The van der Waals surface area contributed by atoms with Crippen LogP contribution in [-0.4, -0.2) is 30.1 Å². The molecule has 3 aromatic rings. The van der Waals surface area contributed by atoms with E-state index >= 15 is 0 Å². The van der Waals surface area contributed by atoms with Crippen molar-refractivity contribution in [1.82, 2.24) is 9.97 Å². The van der Waals surface area contributed by atoms with Crippen molar-refractivity contribution in [2.75, 3.05) is 24.9 Å². The molecule has 0 saturated carbocycles. The van der Waals surface area contributed by atoms with Crippen LogP contribution in [0.15, 0.2) is 54.9 Å². The second kappa shape index (κ2) is 8.13. The van der Waals surface area contributed by atoms with Crippen LogP contribution in [0, 0.1) is 5.82 Å². The Balaban J connectivity index is 1.76. The number of hydrogen-bond donors (Lipinski definition) is 2. The molecule has 0 aliphatic carbocycles. The van der Waals surface area contributed by atoms with Gasteiger partial charge in [-0.1, -0.05) is 6.07 Å². The van der Waals surface area contributed by atoms with E-state index in [9.17, 15) is 9.18 Å². The molecule has 2 aromatic carbocycles. The first-order valence-electron chi connectivity index (χ1n) is 7.97. The summed E-state index contributed by atoms with van der Waals surface area (Å²) in [5.74, 6) is 0.660. The second-order valence-corrected chi connectivity index (χ2v) is 5.45. The summed E-state index contributed by atoms with van der Waals surface area (Å²) in [6, 6.07) is 12.4. The van der Waals surface area contributed by atoms with Gasteiger partial charge in [0, 0.05) is 23.5 Å². The smallest absolute Gasteiger partial charge is 0.274 e. The summed E-state index contributed by atoms with van der Waals surface area (Å²) in [4.78, 5) is 20.4. The van der Waals surface area contributed by atoms with Crippen molar-refractivity contribution in [3.63, 3.8) is 0 Å². The fraction of sp³-hybridized carbons (Fsp3) is 0.105. The third-order valence-electron chi connectivity index (χ3n) is 3.64. The van der Waals surface area contributed by atoms with E-state index in [4.69, 9.17) is 9.47 Å². The van der Waals surface area contributed by atoms with Gasteiger partial charge in [0.1, 0.15) is 23.7 Å². The van der Waals surface area contributed by atoms with Gasteiger partial charge in [-0.15, -0.1) is 0 Å². The summed E-state index contributed by atoms with van der Waals surface area (Å²) in [5.41, 5.74) is 1.17. The van der Waals surface area contributed by atoms with Crippen LogP contribution in [0.3, 0.4) is 0 Å². The van der Waals surface area contributed by atoms with E-state index < -0.39 is 11.7 Å². The summed E-state index contributed by atoms with van der Waals surface area (Å²) in [6.45, 7) is 0. The zero-order valence-corrected chi connectivity index (χ0v) is 14.7. The minimum absolute atomic E-state index is 0.136. The normalized spacial score (nSPS) is 10.2. The highest BCUT2D eigenvalue weighted by atomic mass is 19.1. The number of methoxy groups -OCH3 is 2. The van der Waals surface area contributed by atoms with E-state index in [0.717, 1.165) is 0 Å². The Morgan fingerprint density at radius 3 is 2.52 bits per heavy atom. The maximum atomic E-state index is 13.2. The molecule has 1 aromatic heterocycles. The van der Waals surface area contributed by atoms with Gasteiger partial charge in [0.05, 0.1) is 14.2 Å². The van der Waals surface area contributed by atoms with Crippen molar-refractivity contribution >= 4 is 23.1 Å². The van der Waals surface area contributed by atoms with Gasteiger partial charge in [-0.25, -0.2) is 14.4 Å². The number of hydrogen-bond acceptors (Lipinski definition) is 6. The number of amides is 1. The lowest BCUT2D eigenvalue weighted by atomic mass is 10.2. The van der Waals surface area contributed by atoms with Gasteiger partial charge in [0.25, 0.3) is 5.91 Å². The van der Waals surface area contributed by atoms with Crippen LogP contribution < -0.4 is 20.1 Å². The van der Waals surface area contributed by atoms with Crippen LogP contribution in [0.1, 0.15) is 10.5 Å². The Bertz CT molecular complexity index is 965. The van der Waals surface area contributed by atoms with Crippen molar-refractivity contribution in [2.24, 2.45) is 0 Å². The zero-order chi connectivity index (χ0) is 19.2. The monoisotopic (exact) mass is 368 g/mol. The van der Waals surface area contributed by atoms with Crippen LogP contribution in [0.2, 0.25) is 0 Å². The highest BCUT2D eigenvalue weighted by Gasteiger charge is 2.11. The molecule has 0 aliphatic heterocycles. The Morgan fingerprint density at radius 1 is 0.963 bits per heavy atom. The lowest BCUT2D eigenvalue weighted by Crippen LogP contribution is -2.14. The maximum absolute atomic E-state index is 13.2. The molecule has 138 valence electrons. The molecule has 27 heavy (non-hydrogen) atoms. The van der Waals surface area contributed by atoms with Crippen LogP contribution in [0.25, 0.3) is 0 Å². The molecule has 7 nitrogen and oxygen atoms in total. The zero-order valence-electron chi connectivity index (χ0n) is 14.7. The average molecular weight is 368 g/mol. The average Bonchev–Trinajstić information content (AvgIpc) is 2.68. The van der Waals surface area contributed by atoms with E-state index in [0.29, 0.717) is 28.7 Å². The number of halogens is 1. The van der Waals surface area contributed by atoms with Crippen molar-refractivity contribution < 1.29 is 18.7 Å². The minimum Gasteiger partial charge on any atom is -0.493 e. The highest BCUT2D eigenvalue weighted by molar-refractivity contribution is 6.03. The Labute approximate surface area is 155 Å². The first kappa shape index (κ1) is 18.1. The molecule has 1 amide bonds. The van der Waals surface area contributed by atoms with Crippen LogP contribution in [0.4, 0.5) is 21.6 Å². The molecular formula is C19H17FN4O3. The summed E-state index contributed by atoms with van der Waals surface area (Å²) in [5, 5.41) is 5.66. The predicted molar refractivity (Wildman–Crippen MR) is 99.2 cm³/mol. The van der Waals surface area contributed by atoms with E-state index in [1.165, 1.54) is 30.6 Å². The number of aromatic nitrogens is 2. The molecule has 0 radical (unpaired) electrons. The van der Waals surface area contributed by atoms with Gasteiger partial charge < -0.3 is 20.1 Å². The van der Waals surface area contributed by atoms with E-state index in [1.54, 1.807) is 38.5 Å². The molecule has 2 N–H and O–H groups in total. The fourth-order valence-electron chi connectivity index (χ4n) is 2.37. The largest absolute Gasteiger partial charge is 0.493 e. The standard InChI is InChI=1S/C19H17FN4O3/c1-26-16-7-6-14(9-17(16)27-2)23-18-10-15(21-11-22-18)19(25)24-13-5-3-4-12(20)8-13/h3-11H,1-2H3,(H,24,25)(H,21,22,23). The minimum atomic E-state index is -0.474. The maximum Gasteiger partial charge on any atom is 0.274 e. The topological polar surface area (TPSA) is 85.4 Å². The third kappa shape index (κ3) is 4.49. The van der Waals surface area contributed by atoms with Crippen molar-refractivity contribution in [2.45, 2.75) is 0 Å². The second-order valence-electron chi connectivity index (χ2n) is 5.45. The Morgan fingerprint density at radius 2 is 1.78 bits per heavy atom. The fourth-order valence-corrected chi connectivity index (χ4v) is 2.37. The van der Waals surface area contributed by atoms with Gasteiger partial charge in [0.2, 0.25) is 0 Å². The lowest BCUT2D eigenvalue weighted by molar-refractivity contribution is 0.102. The van der Waals surface area contributed by atoms with E-state index in [1.807, 2.05) is 0 Å². The van der Waals surface area contributed by atoms with Crippen LogP contribution in [0.5, 0.6) is 11.5 Å².